The van der Waals surface area contributed by atoms with Crippen LogP contribution >= 0.6 is 11.6 Å². The lowest BCUT2D eigenvalue weighted by molar-refractivity contribution is -0.132. The van der Waals surface area contributed by atoms with Gasteiger partial charge in [0.1, 0.15) is 17.3 Å². The molecule has 0 radical (unpaired) electrons. The number of carbonyl (C=O) groups is 3. The van der Waals surface area contributed by atoms with Crippen molar-refractivity contribution in [2.45, 2.75) is 13.0 Å². The fourth-order valence-corrected chi connectivity index (χ4v) is 4.28. The van der Waals surface area contributed by atoms with Crippen molar-refractivity contribution < 1.29 is 29.0 Å². The second kappa shape index (κ2) is 10.1. The van der Waals surface area contributed by atoms with Gasteiger partial charge in [0.2, 0.25) is 5.91 Å². The van der Waals surface area contributed by atoms with Crippen LogP contribution in [0, 0.1) is 0 Å². The van der Waals surface area contributed by atoms with Gasteiger partial charge in [-0.1, -0.05) is 17.7 Å². The third-order valence-corrected chi connectivity index (χ3v) is 5.93. The van der Waals surface area contributed by atoms with E-state index in [4.69, 9.17) is 21.1 Å². The van der Waals surface area contributed by atoms with Gasteiger partial charge in [0, 0.05) is 36.8 Å². The lowest BCUT2D eigenvalue weighted by Gasteiger charge is -2.25. The van der Waals surface area contributed by atoms with Crippen LogP contribution in [0.5, 0.6) is 11.5 Å². The Bertz CT molecular complexity index is 1370. The molecule has 4 rings (SSSR count). The Morgan fingerprint density at radius 3 is 2.36 bits per heavy atom. The average Bonchev–Trinajstić information content (AvgIpc) is 3.14. The zero-order valence-electron chi connectivity index (χ0n) is 19.6. The molecular formula is C26H22ClN3O6. The molecule has 0 spiro atoms. The highest BCUT2D eigenvalue weighted by Crippen LogP contribution is 2.44. The van der Waals surface area contributed by atoms with Gasteiger partial charge in [0.25, 0.3) is 11.7 Å². The summed E-state index contributed by atoms with van der Waals surface area (Å²) in [6.45, 7) is 1.38. The second-order valence-electron chi connectivity index (χ2n) is 7.87. The number of aliphatic hydroxyl groups excluding tert-OH is 1. The first kappa shape index (κ1) is 24.7. The number of anilines is 2. The molecule has 0 bridgehead atoms. The summed E-state index contributed by atoms with van der Waals surface area (Å²) in [6.07, 6.45) is 3.08. The molecule has 0 aliphatic carbocycles. The molecular weight excluding hydrogens is 486 g/mol. The summed E-state index contributed by atoms with van der Waals surface area (Å²) in [5.41, 5.74) is 1.40. The van der Waals surface area contributed by atoms with Crippen LogP contribution in [-0.4, -0.2) is 41.9 Å². The van der Waals surface area contributed by atoms with Crippen molar-refractivity contribution in [1.29, 1.82) is 0 Å². The largest absolute Gasteiger partial charge is 0.507 e. The Kier molecular flexibility index (Phi) is 6.93. The van der Waals surface area contributed by atoms with Gasteiger partial charge in [0.15, 0.2) is 0 Å². The molecule has 184 valence electrons. The quantitative estimate of drug-likeness (QED) is 0.289. The summed E-state index contributed by atoms with van der Waals surface area (Å²) in [7, 11) is 2.81. The summed E-state index contributed by atoms with van der Waals surface area (Å²) >= 11 is 6.20. The Labute approximate surface area is 211 Å². The van der Waals surface area contributed by atoms with E-state index < -0.39 is 23.5 Å². The van der Waals surface area contributed by atoms with Crippen molar-refractivity contribution in [2.24, 2.45) is 0 Å². The van der Waals surface area contributed by atoms with E-state index in [2.05, 4.69) is 10.3 Å². The number of rotatable bonds is 6. The number of pyridine rings is 1. The summed E-state index contributed by atoms with van der Waals surface area (Å²) in [5.74, 6) is -1.98. The van der Waals surface area contributed by atoms with Crippen LogP contribution in [0.4, 0.5) is 11.4 Å². The standard InChI is InChI=1S/C26H22ClN3O6/c1-14(31)29-16-6-8-17(9-7-16)30-23(15-5-4-10-28-13-15)22(25(33)26(30)34)24(32)18-11-21(36-3)19(27)12-20(18)35-2/h4-13,23,32H,1-3H3,(H,29,31)/b24-22+. The van der Waals surface area contributed by atoms with Gasteiger partial charge in [-0.25, -0.2) is 0 Å². The van der Waals surface area contributed by atoms with Gasteiger partial charge in [0.05, 0.1) is 36.4 Å². The molecule has 2 amide bonds. The predicted octanol–water partition coefficient (Wildman–Crippen LogP) is 4.34. The van der Waals surface area contributed by atoms with Crippen LogP contribution in [0.15, 0.2) is 66.5 Å². The van der Waals surface area contributed by atoms with Crippen LogP contribution < -0.4 is 19.7 Å². The number of benzene rings is 2. The molecule has 10 heteroatoms. The summed E-state index contributed by atoms with van der Waals surface area (Å²) < 4.78 is 10.6. The van der Waals surface area contributed by atoms with E-state index in [1.807, 2.05) is 0 Å². The molecule has 1 fully saturated rings. The molecule has 1 saturated heterocycles. The van der Waals surface area contributed by atoms with Crippen LogP contribution in [0.2, 0.25) is 5.02 Å². The van der Waals surface area contributed by atoms with Crippen LogP contribution in [0.1, 0.15) is 24.1 Å². The highest BCUT2D eigenvalue weighted by Gasteiger charge is 2.47. The van der Waals surface area contributed by atoms with E-state index in [1.165, 1.54) is 44.4 Å². The molecule has 0 saturated carbocycles. The van der Waals surface area contributed by atoms with E-state index in [0.29, 0.717) is 16.9 Å². The van der Waals surface area contributed by atoms with Gasteiger partial charge in [-0.15, -0.1) is 0 Å². The minimum atomic E-state index is -0.989. The number of amides is 2. The smallest absolute Gasteiger partial charge is 0.300 e. The number of nitrogens with zero attached hydrogens (tertiary/aromatic N) is 2. The number of halogens is 1. The number of aromatic nitrogens is 1. The summed E-state index contributed by atoms with van der Waals surface area (Å²) in [4.78, 5) is 43.4. The molecule has 3 aromatic rings. The van der Waals surface area contributed by atoms with Crippen molar-refractivity contribution in [2.75, 3.05) is 24.4 Å². The normalized spacial score (nSPS) is 16.7. The number of methoxy groups -OCH3 is 2. The maximum atomic E-state index is 13.3. The minimum Gasteiger partial charge on any atom is -0.507 e. The summed E-state index contributed by atoms with van der Waals surface area (Å²) in [5, 5.41) is 14.3. The maximum absolute atomic E-state index is 13.3. The van der Waals surface area contributed by atoms with E-state index >= 15 is 0 Å². The number of carbonyl (C=O) groups excluding carboxylic acids is 3. The highest BCUT2D eigenvalue weighted by molar-refractivity contribution is 6.51. The first-order valence-corrected chi connectivity index (χ1v) is 11.1. The monoisotopic (exact) mass is 507 g/mol. The van der Waals surface area contributed by atoms with Crippen LogP contribution in [0.25, 0.3) is 5.76 Å². The lowest BCUT2D eigenvalue weighted by atomic mass is 9.95. The van der Waals surface area contributed by atoms with Crippen LogP contribution in [0.3, 0.4) is 0 Å². The van der Waals surface area contributed by atoms with E-state index in [9.17, 15) is 19.5 Å². The second-order valence-corrected chi connectivity index (χ2v) is 8.28. The molecule has 2 heterocycles. The fraction of sp³-hybridized carbons (Fsp3) is 0.154. The first-order chi connectivity index (χ1) is 17.3. The number of hydrogen-bond acceptors (Lipinski definition) is 7. The molecule has 1 aliphatic rings. The lowest BCUT2D eigenvalue weighted by Crippen LogP contribution is -2.29. The van der Waals surface area contributed by atoms with E-state index in [0.717, 1.165) is 0 Å². The Morgan fingerprint density at radius 2 is 1.78 bits per heavy atom. The number of hydrogen-bond donors (Lipinski definition) is 2. The topological polar surface area (TPSA) is 118 Å². The highest BCUT2D eigenvalue weighted by atomic mass is 35.5. The molecule has 1 aromatic heterocycles. The fourth-order valence-electron chi connectivity index (χ4n) is 4.05. The molecule has 36 heavy (non-hydrogen) atoms. The Hall–Kier alpha value is -4.37. The zero-order valence-corrected chi connectivity index (χ0v) is 20.4. The van der Waals surface area contributed by atoms with Gasteiger partial charge in [-0.05, 0) is 42.0 Å². The molecule has 1 atom stereocenters. The van der Waals surface area contributed by atoms with Crippen LogP contribution in [-0.2, 0) is 14.4 Å². The van der Waals surface area contributed by atoms with Gasteiger partial charge in [-0.3, -0.25) is 24.3 Å². The third kappa shape index (κ3) is 4.48. The molecule has 9 nitrogen and oxygen atoms in total. The third-order valence-electron chi connectivity index (χ3n) is 5.64. The van der Waals surface area contributed by atoms with Crippen molar-refractivity contribution in [3.8, 4) is 11.5 Å². The van der Waals surface area contributed by atoms with Crippen molar-refractivity contribution in [3.05, 3.63) is 82.6 Å². The minimum absolute atomic E-state index is 0.131. The Morgan fingerprint density at radius 1 is 1.08 bits per heavy atom. The average molecular weight is 508 g/mol. The molecule has 2 N–H and O–H groups in total. The van der Waals surface area contributed by atoms with Crippen molar-refractivity contribution in [3.63, 3.8) is 0 Å². The number of ether oxygens (including phenoxy) is 2. The number of nitrogens with one attached hydrogen (secondary N) is 1. The van der Waals surface area contributed by atoms with E-state index in [1.54, 1.807) is 42.6 Å². The van der Waals surface area contributed by atoms with E-state index in [-0.39, 0.29) is 33.6 Å². The maximum Gasteiger partial charge on any atom is 0.300 e. The SMILES string of the molecule is COc1cc(/C(O)=C2\C(=O)C(=O)N(c3ccc(NC(C)=O)cc3)C2c2cccnc2)c(OC)cc1Cl. The molecule has 1 aliphatic heterocycles. The van der Waals surface area contributed by atoms with Gasteiger partial charge >= 0.3 is 0 Å². The van der Waals surface area contributed by atoms with Crippen molar-refractivity contribution in [1.82, 2.24) is 4.98 Å². The van der Waals surface area contributed by atoms with Gasteiger partial charge < -0.3 is 19.9 Å². The number of aliphatic hydroxyl groups is 1. The molecule has 2 aromatic carbocycles. The zero-order chi connectivity index (χ0) is 26.0. The Balaban J connectivity index is 1.92. The first-order valence-electron chi connectivity index (χ1n) is 10.8. The van der Waals surface area contributed by atoms with Gasteiger partial charge in [-0.2, -0.15) is 0 Å². The number of Topliss-reactive ketones (excluding diaryl/α,β-unsaturated/α-hetero) is 1. The van der Waals surface area contributed by atoms with Crippen molar-refractivity contribution >= 4 is 46.3 Å². The number of ketones is 1. The predicted molar refractivity (Wildman–Crippen MR) is 134 cm³/mol. The summed E-state index contributed by atoms with van der Waals surface area (Å²) in [6, 6.07) is 11.7. The molecule has 1 unspecified atom stereocenters.